The maximum Gasteiger partial charge on any atom is 2.00 e. The minimum atomic E-state index is 0. The maximum absolute atomic E-state index is 5.24. The second-order valence-corrected chi connectivity index (χ2v) is 40.1. The van der Waals surface area contributed by atoms with Crippen LogP contribution >= 0.6 is 22.7 Å². The minimum absolute atomic E-state index is 0. The first-order valence-corrected chi connectivity index (χ1v) is 50.5. The van der Waals surface area contributed by atoms with Gasteiger partial charge in [-0.1, -0.05) is 326 Å². The van der Waals surface area contributed by atoms with Crippen LogP contribution in [0, 0.1) is 93.5 Å². The van der Waals surface area contributed by atoms with Gasteiger partial charge in [0.25, 0.3) is 0 Å². The Morgan fingerprint density at radius 2 is 0.466 bits per heavy atom. The number of rotatable bonds is 20. The summed E-state index contributed by atoms with van der Waals surface area (Å²) in [5.41, 5.74) is 43.6. The third kappa shape index (κ3) is 19.0. The average Bonchev–Trinajstić information content (AvgIpc) is 1.55. The zero-order valence-corrected chi connectivity index (χ0v) is 88.6. The molecule has 0 unspecified atom stereocenters. The van der Waals surface area contributed by atoms with E-state index in [0.29, 0.717) is 0 Å². The van der Waals surface area contributed by atoms with E-state index in [1.165, 1.54) is 52.2 Å². The van der Waals surface area contributed by atoms with Crippen molar-refractivity contribution in [2.24, 2.45) is 0 Å². The van der Waals surface area contributed by atoms with Gasteiger partial charge < -0.3 is 38.9 Å². The van der Waals surface area contributed by atoms with Crippen molar-refractivity contribution in [3.63, 3.8) is 0 Å². The van der Waals surface area contributed by atoms with Crippen molar-refractivity contribution in [1.82, 2.24) is 29.1 Å². The molecule has 24 rings (SSSR count). The third-order valence-corrected chi connectivity index (χ3v) is 29.5. The van der Waals surface area contributed by atoms with Crippen molar-refractivity contribution in [1.29, 1.82) is 0 Å². The largest absolute Gasteiger partial charge is 2.00 e. The smallest absolute Gasteiger partial charge is 0.346 e. The van der Waals surface area contributed by atoms with Crippen molar-refractivity contribution in [3.8, 4) is 144 Å². The second kappa shape index (κ2) is 41.4. The van der Waals surface area contributed by atoms with Gasteiger partial charge in [0.05, 0.1) is 33.4 Å². The molecule has 16 aromatic carbocycles. The first-order valence-electron chi connectivity index (χ1n) is 48.9. The molecule has 8 heterocycles. The van der Waals surface area contributed by atoms with Gasteiger partial charge in [0.1, 0.15) is 0 Å². The number of aromatic nitrogens is 6. The van der Waals surface area contributed by atoms with Crippen LogP contribution in [0.4, 0.5) is 34.1 Å². The summed E-state index contributed by atoms with van der Waals surface area (Å²) in [7, 11) is 0. The van der Waals surface area contributed by atoms with E-state index in [2.05, 4.69) is 513 Å². The third-order valence-electron chi connectivity index (χ3n) is 27.4. The second-order valence-electron chi connectivity index (χ2n) is 37.5. The Hall–Kier alpha value is -15.9. The maximum atomic E-state index is 5.24. The number of pyridine rings is 4. The van der Waals surface area contributed by atoms with Gasteiger partial charge in [-0.15, -0.1) is 106 Å². The summed E-state index contributed by atoms with van der Waals surface area (Å²) in [6.45, 7) is 21.7. The summed E-state index contributed by atoms with van der Waals surface area (Å²) in [6.07, 6.45) is 7.99. The van der Waals surface area contributed by atoms with Gasteiger partial charge in [-0.25, -0.2) is 0 Å². The summed E-state index contributed by atoms with van der Waals surface area (Å²) < 4.78 is 4.81. The fraction of sp³-hybridized carbons (Fsp3) is 0.0746. The van der Waals surface area contributed by atoms with Crippen molar-refractivity contribution in [2.45, 2.75) is 69.2 Å². The first kappa shape index (κ1) is 96.2. The first-order chi connectivity index (χ1) is 70.5. The number of anilines is 6. The topological polar surface area (TPSA) is 67.9 Å². The molecule has 0 fully saturated rings. The Labute approximate surface area is 890 Å². The van der Waals surface area contributed by atoms with Crippen molar-refractivity contribution in [2.75, 3.05) is 9.80 Å². The molecular formula is C134H100N8Pt2S2. The number of para-hydroxylation sites is 4. The Morgan fingerprint density at radius 3 is 0.733 bits per heavy atom. The summed E-state index contributed by atoms with van der Waals surface area (Å²) in [6, 6.07) is 160. The number of nitrogens with zero attached hydrogens (tertiary/aromatic N) is 8. The molecule has 0 amide bonds. The zero-order valence-electron chi connectivity index (χ0n) is 82.4. The minimum Gasteiger partial charge on any atom is -0.346 e. The van der Waals surface area contributed by atoms with Crippen LogP contribution in [0.2, 0.25) is 0 Å². The van der Waals surface area contributed by atoms with Gasteiger partial charge in [0.15, 0.2) is 0 Å². The van der Waals surface area contributed by atoms with E-state index in [0.717, 1.165) is 224 Å². The number of hydrogen-bond acceptors (Lipinski definition) is 8. The molecule has 146 heavy (non-hydrogen) atoms. The van der Waals surface area contributed by atoms with Crippen LogP contribution in [-0.4, -0.2) is 29.1 Å². The molecule has 0 saturated carbocycles. The molecule has 0 aliphatic heterocycles. The molecule has 0 radical (unpaired) electrons. The van der Waals surface area contributed by atoms with E-state index < -0.39 is 0 Å². The quantitative estimate of drug-likeness (QED) is 0.0709. The number of aryl methyl sites for hydroxylation is 10. The van der Waals surface area contributed by atoms with Crippen LogP contribution < -0.4 is 9.80 Å². The van der Waals surface area contributed by atoms with E-state index in [9.17, 15) is 0 Å². The Morgan fingerprint density at radius 1 is 0.219 bits per heavy atom. The van der Waals surface area contributed by atoms with Gasteiger partial charge in [-0.05, 0) is 276 Å². The fourth-order valence-electron chi connectivity index (χ4n) is 20.7. The monoisotopic (exact) mass is 2270 g/mol. The number of benzene rings is 16. The summed E-state index contributed by atoms with van der Waals surface area (Å²) in [5.74, 6) is 0. The van der Waals surface area contributed by atoms with Gasteiger partial charge in [-0.3, -0.25) is 0 Å². The van der Waals surface area contributed by atoms with Gasteiger partial charge in [0, 0.05) is 77.0 Å². The molecule has 0 spiro atoms. The SMILES string of the molecule is Cc1cc(C)c(N(c2[c-]c(-c3cc(-c4ccccc4)c(C)cn3)cc(-c3ccc(C)s3)c2)c2[c-]c(-c3cc(-c4ccccc4)c(C)cn3)cc(-c3ccc(C)s3)c2)c(-c2ccccc2)c1.Cc1cc(C)c(N(c2[c-]c(-c3cc(-c4ccccc4)c(C)cn3)cc(-n3c4ccccc4c4ccccc43)c2)c2[c-]c(-c3cc(-c4ccccc4)c(C)cn3)cc(-n3c4ccccc4c4ccccc43)c2)c(-c2ccccc2)c1.[Pt+2].[Pt+2]. The molecule has 24 aromatic rings. The predicted molar refractivity (Wildman–Crippen MR) is 606 cm³/mol. The molecule has 12 heteroatoms. The van der Waals surface area contributed by atoms with Crippen LogP contribution in [0.15, 0.2) is 425 Å². The molecule has 0 aliphatic carbocycles. The summed E-state index contributed by atoms with van der Waals surface area (Å²) >= 11 is 3.60. The van der Waals surface area contributed by atoms with Crippen LogP contribution in [0.5, 0.6) is 0 Å². The molecule has 0 aliphatic rings. The van der Waals surface area contributed by atoms with E-state index >= 15 is 0 Å². The Bertz CT molecular complexity index is 8490. The number of thiophene rings is 2. The molecule has 0 bridgehead atoms. The van der Waals surface area contributed by atoms with E-state index in [1.54, 1.807) is 22.7 Å². The molecular weight excluding hydrogens is 2180 g/mol. The summed E-state index contributed by atoms with van der Waals surface area (Å²) in [5, 5.41) is 4.74. The van der Waals surface area contributed by atoms with Crippen LogP contribution in [0.3, 0.4) is 0 Å². The van der Waals surface area contributed by atoms with Crippen molar-refractivity contribution < 1.29 is 42.1 Å². The predicted octanol–water partition coefficient (Wildman–Crippen LogP) is 36.5. The number of hydrogen-bond donors (Lipinski definition) is 0. The Balaban J connectivity index is 0.000000173. The van der Waals surface area contributed by atoms with Crippen molar-refractivity contribution in [3.05, 3.63) is 504 Å². The fourth-order valence-corrected chi connectivity index (χ4v) is 22.4. The molecule has 8 aromatic heterocycles. The van der Waals surface area contributed by atoms with Gasteiger partial charge in [-0.2, -0.15) is 0 Å². The normalized spacial score (nSPS) is 11.2. The summed E-state index contributed by atoms with van der Waals surface area (Å²) in [4.78, 5) is 30.4. The van der Waals surface area contributed by atoms with Crippen molar-refractivity contribution >= 4 is 100 Å². The molecule has 708 valence electrons. The average molecular weight is 2280 g/mol. The van der Waals surface area contributed by atoms with E-state index in [1.807, 2.05) is 24.8 Å². The van der Waals surface area contributed by atoms with E-state index in [-0.39, 0.29) is 42.1 Å². The van der Waals surface area contributed by atoms with Crippen LogP contribution in [0.25, 0.3) is 188 Å². The molecule has 0 N–H and O–H groups in total. The zero-order chi connectivity index (χ0) is 97.7. The Kier molecular flexibility index (Phi) is 27.3. The number of fused-ring (bicyclic) bond motifs is 6. The standard InChI is InChI=1S/C74H53N5.C60H47N3S2.2Pt/c1-48-36-49(2)74(67(37-48)54-26-12-7-13-27-54)77(57-38-55(68-44-65(50(3)46-75-68)52-22-8-5-9-23-52)40-59(42-57)78-70-32-18-14-28-61(70)62-29-15-19-33-71(62)78)58-39-56(69-45-66(51(4)47-76-69)53-24-10-6-11-25-53)41-60(43-58)79-72-34-20-16-30-63(72)64-31-17-21-35-73(64)79;1-38-26-39(2)60(55(27-38)46-20-14-9-15-21-46)63(51-30-47(28-49(32-51)58-24-22-42(5)64-58)56-34-53(40(3)36-61-56)44-16-10-7-11-17-44)52-31-48(29-50(33-52)59-25-23-43(6)65-59)57-35-54(41(4)37-62-57)45-18-12-8-13-19-45;;/h5-37,40-47H,1-4H3;7-29,32-37H,1-6H3;;/q2*-2;2*+2. The molecule has 0 atom stereocenters. The van der Waals surface area contributed by atoms with Crippen LogP contribution in [-0.2, 0) is 42.1 Å². The molecule has 0 saturated heterocycles. The molecule has 8 nitrogen and oxygen atoms in total. The van der Waals surface area contributed by atoms with Gasteiger partial charge in [0.2, 0.25) is 0 Å². The van der Waals surface area contributed by atoms with E-state index in [4.69, 9.17) is 19.9 Å². The van der Waals surface area contributed by atoms with Gasteiger partial charge >= 0.3 is 42.1 Å². The van der Waals surface area contributed by atoms with Crippen LogP contribution in [0.1, 0.15) is 54.3 Å².